The third kappa shape index (κ3) is 1.82. The van der Waals surface area contributed by atoms with Gasteiger partial charge in [0.15, 0.2) is 5.69 Å². The highest BCUT2D eigenvalue weighted by Gasteiger charge is 2.24. The zero-order valence-electron chi connectivity index (χ0n) is 9.55. The van der Waals surface area contributed by atoms with E-state index in [1.165, 1.54) is 6.33 Å². The van der Waals surface area contributed by atoms with Crippen molar-refractivity contribution >= 4 is 27.8 Å². The molecule has 1 aliphatic heterocycles. The van der Waals surface area contributed by atoms with Gasteiger partial charge in [-0.15, -0.1) is 0 Å². The van der Waals surface area contributed by atoms with Crippen molar-refractivity contribution in [3.63, 3.8) is 0 Å². The maximum Gasteiger partial charge on any atom is 0.356 e. The number of aromatic nitrogens is 2. The highest BCUT2D eigenvalue weighted by molar-refractivity contribution is 9.10. The first kappa shape index (κ1) is 11.9. The fourth-order valence-corrected chi connectivity index (χ4v) is 2.45. The molecule has 0 unspecified atom stereocenters. The van der Waals surface area contributed by atoms with Crippen molar-refractivity contribution in [1.29, 1.82) is 0 Å². The van der Waals surface area contributed by atoms with Gasteiger partial charge in [-0.3, -0.25) is 9.36 Å². The van der Waals surface area contributed by atoms with Gasteiger partial charge >= 0.3 is 5.97 Å². The van der Waals surface area contributed by atoms with Crippen LogP contribution in [0.25, 0.3) is 5.69 Å². The van der Waals surface area contributed by atoms with E-state index >= 15 is 0 Å². The number of nitrogens with zero attached hydrogens (tertiary/aromatic N) is 2. The lowest BCUT2D eigenvalue weighted by atomic mass is 10.1. The summed E-state index contributed by atoms with van der Waals surface area (Å²) in [4.78, 5) is 27.0. The molecule has 3 rings (SSSR count). The molecule has 1 aromatic heterocycles. The standard InChI is InChI=1S/C12H8BrN3O3/c13-6-1-2-8-7(3-6)11(17)14-4-9-10(12(18)19)15-5-16(8)9/h1-3,5H,4H2,(H,14,17)(H,18,19). The normalized spacial score (nSPS) is 13.2. The van der Waals surface area contributed by atoms with Crippen LogP contribution in [0, 0.1) is 0 Å². The molecule has 0 spiro atoms. The molecule has 2 aromatic rings. The molecule has 0 saturated heterocycles. The molecule has 96 valence electrons. The van der Waals surface area contributed by atoms with E-state index in [4.69, 9.17) is 5.11 Å². The van der Waals surface area contributed by atoms with E-state index in [1.807, 2.05) is 0 Å². The lowest BCUT2D eigenvalue weighted by Crippen LogP contribution is -2.22. The zero-order chi connectivity index (χ0) is 13.6. The first-order chi connectivity index (χ1) is 9.08. The van der Waals surface area contributed by atoms with Crippen LogP contribution < -0.4 is 5.32 Å². The molecule has 1 aromatic carbocycles. The lowest BCUT2D eigenvalue weighted by Gasteiger charge is -2.07. The summed E-state index contributed by atoms with van der Waals surface area (Å²) in [6.45, 7) is 0.132. The first-order valence-corrected chi connectivity index (χ1v) is 6.25. The number of carboxylic acids is 1. The molecule has 0 radical (unpaired) electrons. The molecule has 1 amide bonds. The summed E-state index contributed by atoms with van der Waals surface area (Å²) in [6, 6.07) is 5.24. The van der Waals surface area contributed by atoms with Gasteiger partial charge < -0.3 is 10.4 Å². The predicted molar refractivity (Wildman–Crippen MR) is 69.4 cm³/mol. The van der Waals surface area contributed by atoms with E-state index in [-0.39, 0.29) is 18.1 Å². The fraction of sp³-hybridized carbons (Fsp3) is 0.0833. The molecule has 0 fully saturated rings. The molecule has 0 saturated carbocycles. The number of rotatable bonds is 1. The number of amides is 1. The van der Waals surface area contributed by atoms with Crippen LogP contribution in [0.3, 0.4) is 0 Å². The number of nitrogens with one attached hydrogen (secondary N) is 1. The zero-order valence-corrected chi connectivity index (χ0v) is 11.1. The Morgan fingerprint density at radius 3 is 3.00 bits per heavy atom. The Balaban J connectivity index is 2.28. The molecule has 1 aliphatic rings. The van der Waals surface area contributed by atoms with Crippen LogP contribution in [0.15, 0.2) is 29.0 Å². The van der Waals surface area contributed by atoms with Crippen molar-refractivity contribution < 1.29 is 14.7 Å². The molecular formula is C12H8BrN3O3. The number of benzene rings is 1. The number of carbonyl (C=O) groups excluding carboxylic acids is 1. The van der Waals surface area contributed by atoms with Crippen LogP contribution in [-0.2, 0) is 6.54 Å². The summed E-state index contributed by atoms with van der Waals surface area (Å²) < 4.78 is 2.41. The lowest BCUT2D eigenvalue weighted by molar-refractivity contribution is 0.0688. The first-order valence-electron chi connectivity index (χ1n) is 5.45. The number of hydrogen-bond donors (Lipinski definition) is 2. The van der Waals surface area contributed by atoms with Gasteiger partial charge in [0, 0.05) is 4.47 Å². The molecule has 7 heteroatoms. The SMILES string of the molecule is O=C1NCc2c(C(=O)O)ncn2-c2ccc(Br)cc21. The molecule has 2 heterocycles. The largest absolute Gasteiger partial charge is 0.476 e. The predicted octanol–water partition coefficient (Wildman–Crippen LogP) is 1.58. The van der Waals surface area contributed by atoms with Crippen molar-refractivity contribution in [1.82, 2.24) is 14.9 Å². The number of carbonyl (C=O) groups is 2. The third-order valence-electron chi connectivity index (χ3n) is 2.95. The third-order valence-corrected chi connectivity index (χ3v) is 3.44. The highest BCUT2D eigenvalue weighted by atomic mass is 79.9. The van der Waals surface area contributed by atoms with Gasteiger partial charge in [-0.2, -0.15) is 0 Å². The molecule has 0 bridgehead atoms. The maximum absolute atomic E-state index is 12.0. The van der Waals surface area contributed by atoms with Crippen LogP contribution in [0.2, 0.25) is 0 Å². The second-order valence-corrected chi connectivity index (χ2v) is 4.97. The average molecular weight is 322 g/mol. The van der Waals surface area contributed by atoms with Gasteiger partial charge in [0.05, 0.1) is 23.5 Å². The summed E-state index contributed by atoms with van der Waals surface area (Å²) in [5.41, 5.74) is 1.51. The fourth-order valence-electron chi connectivity index (χ4n) is 2.09. The Bertz CT molecular complexity index is 708. The van der Waals surface area contributed by atoms with Crippen molar-refractivity contribution in [2.24, 2.45) is 0 Å². The molecule has 0 atom stereocenters. The van der Waals surface area contributed by atoms with Gasteiger partial charge in [-0.05, 0) is 18.2 Å². The van der Waals surface area contributed by atoms with E-state index in [0.29, 0.717) is 16.9 Å². The minimum absolute atomic E-state index is 0.0453. The van der Waals surface area contributed by atoms with Crippen LogP contribution in [0.4, 0.5) is 0 Å². The Kier molecular flexibility index (Phi) is 2.63. The summed E-state index contributed by atoms with van der Waals surface area (Å²) in [5, 5.41) is 11.8. The van der Waals surface area contributed by atoms with Gasteiger partial charge in [0.25, 0.3) is 5.91 Å². The summed E-state index contributed by atoms with van der Waals surface area (Å²) >= 11 is 3.31. The Labute approximate surface area is 116 Å². The number of imidazole rings is 1. The Morgan fingerprint density at radius 1 is 1.47 bits per heavy atom. The quantitative estimate of drug-likeness (QED) is 0.835. The average Bonchev–Trinajstić information content (AvgIpc) is 2.74. The summed E-state index contributed by atoms with van der Waals surface area (Å²) in [7, 11) is 0. The van der Waals surface area contributed by atoms with Crippen molar-refractivity contribution in [3.05, 3.63) is 46.0 Å². The van der Waals surface area contributed by atoms with Gasteiger partial charge in [0.2, 0.25) is 0 Å². The summed E-state index contributed by atoms with van der Waals surface area (Å²) in [6.07, 6.45) is 1.42. The molecular weight excluding hydrogens is 314 g/mol. The smallest absolute Gasteiger partial charge is 0.356 e. The number of fused-ring (bicyclic) bond motifs is 3. The number of carboxylic acid groups (broad SMARTS) is 1. The monoisotopic (exact) mass is 321 g/mol. The van der Waals surface area contributed by atoms with E-state index in [0.717, 1.165) is 4.47 Å². The van der Waals surface area contributed by atoms with E-state index in [2.05, 4.69) is 26.2 Å². The minimum Gasteiger partial charge on any atom is -0.476 e. The van der Waals surface area contributed by atoms with Crippen molar-refractivity contribution in [3.8, 4) is 5.69 Å². The van der Waals surface area contributed by atoms with Gasteiger partial charge in [-0.25, -0.2) is 9.78 Å². The van der Waals surface area contributed by atoms with E-state index < -0.39 is 5.97 Å². The molecule has 6 nitrogen and oxygen atoms in total. The Hall–Kier alpha value is -2.15. The van der Waals surface area contributed by atoms with Crippen LogP contribution in [-0.4, -0.2) is 26.5 Å². The van der Waals surface area contributed by atoms with Gasteiger partial charge in [-0.1, -0.05) is 15.9 Å². The molecule has 0 aliphatic carbocycles. The highest BCUT2D eigenvalue weighted by Crippen LogP contribution is 2.25. The number of hydrogen-bond acceptors (Lipinski definition) is 3. The number of aromatic carboxylic acids is 1. The van der Waals surface area contributed by atoms with Gasteiger partial charge in [0.1, 0.15) is 6.33 Å². The van der Waals surface area contributed by atoms with E-state index in [9.17, 15) is 9.59 Å². The minimum atomic E-state index is -1.11. The van der Waals surface area contributed by atoms with Crippen molar-refractivity contribution in [2.75, 3.05) is 0 Å². The maximum atomic E-state index is 12.0. The second-order valence-electron chi connectivity index (χ2n) is 4.06. The van der Waals surface area contributed by atoms with Crippen molar-refractivity contribution in [2.45, 2.75) is 6.54 Å². The second kappa shape index (κ2) is 4.20. The summed E-state index contributed by atoms with van der Waals surface area (Å²) in [5.74, 6) is -1.35. The number of halogens is 1. The molecule has 2 N–H and O–H groups in total. The van der Waals surface area contributed by atoms with Crippen LogP contribution in [0.5, 0.6) is 0 Å². The van der Waals surface area contributed by atoms with Crippen LogP contribution >= 0.6 is 15.9 Å². The topological polar surface area (TPSA) is 84.2 Å². The van der Waals surface area contributed by atoms with E-state index in [1.54, 1.807) is 22.8 Å². The van der Waals surface area contributed by atoms with Crippen LogP contribution in [0.1, 0.15) is 26.5 Å². The Morgan fingerprint density at radius 2 is 2.26 bits per heavy atom. The molecule has 19 heavy (non-hydrogen) atoms.